The molecule has 0 saturated heterocycles. The first-order valence-corrected chi connectivity index (χ1v) is 7.54. The smallest absolute Gasteiger partial charge is 0.208 e. The fraction of sp³-hybridized carbons (Fsp3) is 0.500. The number of hydrogen-bond acceptors (Lipinski definition) is 2. The van der Waals surface area contributed by atoms with Crippen LogP contribution in [-0.2, 0) is 10.0 Å². The summed E-state index contributed by atoms with van der Waals surface area (Å²) in [6, 6.07) is 5.33. The maximum absolute atomic E-state index is 12.1. The van der Waals surface area contributed by atoms with Crippen LogP contribution < -0.4 is 4.72 Å². The van der Waals surface area contributed by atoms with Crippen LogP contribution in [0.25, 0.3) is 0 Å². The number of rotatable bonds is 3. The van der Waals surface area contributed by atoms with Gasteiger partial charge in [0.1, 0.15) is 0 Å². The predicted molar refractivity (Wildman–Crippen MR) is 68.9 cm³/mol. The summed E-state index contributed by atoms with van der Waals surface area (Å²) in [5.41, 5.74) is 1.84. The standard InChI is InChI=1S/C12H16ClNO2S/c1-8-3-4-12(9(2)5-8)17(15,16)14-11-6-10(13)7-11/h3-5,10-11,14H,6-7H2,1-2H3. The molecule has 1 N–H and O–H groups in total. The van der Waals surface area contributed by atoms with Crippen molar-refractivity contribution < 1.29 is 8.42 Å². The summed E-state index contributed by atoms with van der Waals surface area (Å²) >= 11 is 5.84. The fourth-order valence-corrected chi connectivity index (χ4v) is 3.95. The number of hydrogen-bond donors (Lipinski definition) is 1. The Hall–Kier alpha value is -0.580. The van der Waals surface area contributed by atoms with Crippen LogP contribution in [0.2, 0.25) is 0 Å². The lowest BCUT2D eigenvalue weighted by Gasteiger charge is -2.31. The van der Waals surface area contributed by atoms with Crippen LogP contribution in [0.1, 0.15) is 24.0 Å². The SMILES string of the molecule is Cc1ccc(S(=O)(=O)NC2CC(Cl)C2)c(C)c1. The van der Waals surface area contributed by atoms with Crippen LogP contribution in [0.3, 0.4) is 0 Å². The summed E-state index contributed by atoms with van der Waals surface area (Å²) in [7, 11) is -3.40. The van der Waals surface area contributed by atoms with E-state index in [1.807, 2.05) is 26.0 Å². The molecule has 0 heterocycles. The molecule has 0 bridgehead atoms. The minimum absolute atomic E-state index is 0.0109. The molecular formula is C12H16ClNO2S. The fourth-order valence-electron chi connectivity index (χ4n) is 2.03. The molecule has 1 fully saturated rings. The molecule has 0 amide bonds. The zero-order chi connectivity index (χ0) is 12.6. The topological polar surface area (TPSA) is 46.2 Å². The molecule has 1 aliphatic carbocycles. The number of alkyl halides is 1. The Bertz CT molecular complexity index is 521. The molecule has 0 spiro atoms. The van der Waals surface area contributed by atoms with Crippen molar-refractivity contribution in [3.63, 3.8) is 0 Å². The average Bonchev–Trinajstić information content (AvgIpc) is 2.14. The van der Waals surface area contributed by atoms with Crippen LogP contribution in [-0.4, -0.2) is 19.8 Å². The van der Waals surface area contributed by atoms with E-state index in [4.69, 9.17) is 11.6 Å². The van der Waals surface area contributed by atoms with Gasteiger partial charge in [0.2, 0.25) is 10.0 Å². The van der Waals surface area contributed by atoms with E-state index >= 15 is 0 Å². The van der Waals surface area contributed by atoms with E-state index in [2.05, 4.69) is 4.72 Å². The second-order valence-electron chi connectivity index (χ2n) is 4.66. The Balaban J connectivity index is 2.20. The van der Waals surface area contributed by atoms with Gasteiger partial charge < -0.3 is 0 Å². The van der Waals surface area contributed by atoms with Gasteiger partial charge in [-0.3, -0.25) is 0 Å². The summed E-state index contributed by atoms with van der Waals surface area (Å²) in [6.07, 6.45) is 1.43. The molecule has 0 unspecified atom stereocenters. The molecule has 17 heavy (non-hydrogen) atoms. The highest BCUT2D eigenvalue weighted by Crippen LogP contribution is 2.27. The van der Waals surface area contributed by atoms with Crippen LogP contribution in [0.4, 0.5) is 0 Å². The zero-order valence-corrected chi connectivity index (χ0v) is 11.5. The summed E-state index contributed by atoms with van der Waals surface area (Å²) < 4.78 is 26.9. The van der Waals surface area contributed by atoms with E-state index in [9.17, 15) is 8.42 Å². The van der Waals surface area contributed by atoms with Gasteiger partial charge in [-0.2, -0.15) is 0 Å². The summed E-state index contributed by atoms with van der Waals surface area (Å²) in [5.74, 6) is 0. The van der Waals surface area contributed by atoms with E-state index in [1.165, 1.54) is 0 Å². The third kappa shape index (κ3) is 2.81. The van der Waals surface area contributed by atoms with Crippen LogP contribution in [0.5, 0.6) is 0 Å². The lowest BCUT2D eigenvalue weighted by atomic mass is 9.94. The first kappa shape index (κ1) is 12.9. The zero-order valence-electron chi connectivity index (χ0n) is 9.90. The number of nitrogens with one attached hydrogen (secondary N) is 1. The van der Waals surface area contributed by atoms with Crippen molar-refractivity contribution in [2.45, 2.75) is 43.0 Å². The third-order valence-corrected chi connectivity index (χ3v) is 5.06. The van der Waals surface area contributed by atoms with Crippen molar-refractivity contribution in [3.8, 4) is 0 Å². The molecule has 1 saturated carbocycles. The van der Waals surface area contributed by atoms with Gasteiger partial charge in [-0.15, -0.1) is 11.6 Å². The van der Waals surface area contributed by atoms with Gasteiger partial charge in [0.15, 0.2) is 0 Å². The second kappa shape index (κ2) is 4.59. The Morgan fingerprint density at radius 3 is 2.47 bits per heavy atom. The van der Waals surface area contributed by atoms with E-state index < -0.39 is 10.0 Å². The Labute approximate surface area is 107 Å². The number of aryl methyl sites for hydroxylation is 2. The Kier molecular flexibility index (Phi) is 3.48. The van der Waals surface area contributed by atoms with Crippen molar-refractivity contribution >= 4 is 21.6 Å². The van der Waals surface area contributed by atoms with E-state index in [1.54, 1.807) is 6.07 Å². The molecule has 0 aromatic heterocycles. The van der Waals surface area contributed by atoms with Crippen molar-refractivity contribution in [3.05, 3.63) is 29.3 Å². The maximum Gasteiger partial charge on any atom is 0.241 e. The van der Waals surface area contributed by atoms with Crippen molar-refractivity contribution in [1.29, 1.82) is 0 Å². The molecule has 3 nitrogen and oxygen atoms in total. The van der Waals surface area contributed by atoms with Gasteiger partial charge in [-0.05, 0) is 38.3 Å². The highest BCUT2D eigenvalue weighted by atomic mass is 35.5. The first-order chi connectivity index (χ1) is 7.88. The molecular weight excluding hydrogens is 258 g/mol. The summed E-state index contributed by atoms with van der Waals surface area (Å²) in [5, 5.41) is 0.113. The van der Waals surface area contributed by atoms with Gasteiger partial charge in [-0.25, -0.2) is 13.1 Å². The van der Waals surface area contributed by atoms with Gasteiger partial charge in [0, 0.05) is 11.4 Å². The van der Waals surface area contributed by atoms with Crippen LogP contribution in [0.15, 0.2) is 23.1 Å². The van der Waals surface area contributed by atoms with Crippen molar-refractivity contribution in [2.24, 2.45) is 0 Å². The third-order valence-electron chi connectivity index (χ3n) is 3.02. The normalized spacial score (nSPS) is 24.4. The minimum atomic E-state index is -3.40. The van der Waals surface area contributed by atoms with Crippen LogP contribution in [0, 0.1) is 13.8 Å². The van der Waals surface area contributed by atoms with Gasteiger partial charge >= 0.3 is 0 Å². The van der Waals surface area contributed by atoms with E-state index in [0.717, 1.165) is 11.1 Å². The summed E-state index contributed by atoms with van der Waals surface area (Å²) in [6.45, 7) is 3.76. The predicted octanol–water partition coefficient (Wildman–Crippen LogP) is 2.35. The van der Waals surface area contributed by atoms with E-state index in [0.29, 0.717) is 17.7 Å². The average molecular weight is 274 g/mol. The minimum Gasteiger partial charge on any atom is -0.208 e. The highest BCUT2D eigenvalue weighted by Gasteiger charge is 2.31. The lowest BCUT2D eigenvalue weighted by molar-refractivity contribution is 0.391. The maximum atomic E-state index is 12.1. The second-order valence-corrected chi connectivity index (χ2v) is 6.96. The number of benzene rings is 1. The Morgan fingerprint density at radius 2 is 1.94 bits per heavy atom. The van der Waals surface area contributed by atoms with Crippen molar-refractivity contribution in [2.75, 3.05) is 0 Å². The molecule has 0 radical (unpaired) electrons. The molecule has 0 atom stereocenters. The first-order valence-electron chi connectivity index (χ1n) is 5.62. The lowest BCUT2D eigenvalue weighted by Crippen LogP contribution is -2.44. The molecule has 2 rings (SSSR count). The highest BCUT2D eigenvalue weighted by molar-refractivity contribution is 7.89. The molecule has 1 aliphatic rings. The molecule has 94 valence electrons. The van der Waals surface area contributed by atoms with Gasteiger partial charge in [-0.1, -0.05) is 17.7 Å². The van der Waals surface area contributed by atoms with Crippen molar-refractivity contribution in [1.82, 2.24) is 4.72 Å². The van der Waals surface area contributed by atoms with Gasteiger partial charge in [0.25, 0.3) is 0 Å². The molecule has 1 aromatic carbocycles. The molecule has 0 aliphatic heterocycles. The number of halogens is 1. The summed E-state index contributed by atoms with van der Waals surface area (Å²) in [4.78, 5) is 0.362. The molecule has 1 aromatic rings. The van der Waals surface area contributed by atoms with E-state index in [-0.39, 0.29) is 11.4 Å². The largest absolute Gasteiger partial charge is 0.241 e. The quantitative estimate of drug-likeness (QED) is 0.860. The Morgan fingerprint density at radius 1 is 1.29 bits per heavy atom. The van der Waals surface area contributed by atoms with Gasteiger partial charge in [0.05, 0.1) is 4.90 Å². The monoisotopic (exact) mass is 273 g/mol. The number of sulfonamides is 1. The molecule has 5 heteroatoms. The van der Waals surface area contributed by atoms with Crippen LogP contribution >= 0.6 is 11.6 Å².